The standard InChI is InChI=1S/C18H22N4O2.CH3.V.W/c1-10-7-14(19)8-11(2)17(10)13(4)21-16(23)9-22-12(3)5-6-15(20)18(22)24;;;/h5-7,13,19H,9,20H2,1-4H3,(H,21,23);1H3;;/q-2;-1;+2;. The van der Waals surface area contributed by atoms with Crippen LogP contribution in [0.4, 0.5) is 11.4 Å². The molecule has 0 aliphatic rings. The number of rotatable bonds is 4. The average molecular weight is 576 g/mol. The van der Waals surface area contributed by atoms with Crippen LogP contribution in [0.25, 0.3) is 5.73 Å². The Balaban J connectivity index is 0.00000218. The minimum absolute atomic E-state index is 0. The zero-order chi connectivity index (χ0) is 20.0. The molecule has 2 rings (SSSR count). The van der Waals surface area contributed by atoms with Gasteiger partial charge in [0.05, 0.1) is 5.69 Å². The van der Waals surface area contributed by atoms with Gasteiger partial charge in [-0.25, -0.2) is 0 Å². The summed E-state index contributed by atoms with van der Waals surface area (Å²) >= 11 is 3.92. The van der Waals surface area contributed by atoms with Crippen LogP contribution in [0, 0.1) is 34.3 Å². The van der Waals surface area contributed by atoms with Crippen LogP contribution in [0.15, 0.2) is 23.0 Å². The monoisotopic (exact) mass is 576 g/mol. The molecule has 0 saturated heterocycles. The molecule has 1 amide bonds. The predicted molar refractivity (Wildman–Crippen MR) is 102 cm³/mol. The van der Waals surface area contributed by atoms with Crippen molar-refractivity contribution >= 4 is 17.3 Å². The minimum atomic E-state index is -0.364. The van der Waals surface area contributed by atoms with Crippen LogP contribution in [0.3, 0.4) is 0 Å². The molecule has 0 fully saturated rings. The van der Waals surface area contributed by atoms with Crippen molar-refractivity contribution in [3.63, 3.8) is 0 Å². The van der Waals surface area contributed by atoms with Crippen LogP contribution in [0.1, 0.15) is 35.3 Å². The molecule has 0 aliphatic heterocycles. The number of nitrogen functional groups attached to an aromatic ring is 1. The normalized spacial score (nSPS) is 10.9. The first-order valence-corrected chi connectivity index (χ1v) is 13.9. The number of amides is 1. The van der Waals surface area contributed by atoms with E-state index in [0.717, 1.165) is 16.7 Å². The number of hydrogen-bond acceptors (Lipinski definition) is 3. The molecule has 0 aliphatic carbocycles. The van der Waals surface area contributed by atoms with E-state index in [1.54, 1.807) is 25.1 Å². The number of pyridine rings is 1. The van der Waals surface area contributed by atoms with Crippen LogP contribution < -0.4 is 16.6 Å². The zero-order valence-corrected chi connectivity index (χ0v) is 20.5. The van der Waals surface area contributed by atoms with Gasteiger partial charge in [-0.1, -0.05) is 20.8 Å². The number of nitrogens with one attached hydrogen (secondary N) is 2. The van der Waals surface area contributed by atoms with Gasteiger partial charge in [0.2, 0.25) is 5.91 Å². The first-order valence-electron chi connectivity index (χ1n) is 7.89. The fourth-order valence-electron chi connectivity index (χ4n) is 2.95. The second-order valence-corrected chi connectivity index (χ2v) is 6.02. The van der Waals surface area contributed by atoms with Crippen molar-refractivity contribution in [1.82, 2.24) is 9.88 Å². The van der Waals surface area contributed by atoms with E-state index in [0.29, 0.717) is 11.4 Å². The molecular weight excluding hydrogens is 551 g/mol. The number of aryl methyl sites for hydroxylation is 3. The summed E-state index contributed by atoms with van der Waals surface area (Å²) in [4.78, 5) is 24.4. The summed E-state index contributed by atoms with van der Waals surface area (Å²) < 4.78 is 1.36. The van der Waals surface area contributed by atoms with Crippen molar-refractivity contribution in [3.8, 4) is 0 Å². The van der Waals surface area contributed by atoms with Crippen LogP contribution in [0.5, 0.6) is 0 Å². The quantitative estimate of drug-likeness (QED) is 0.548. The van der Waals surface area contributed by atoms with Crippen molar-refractivity contribution in [2.45, 2.75) is 40.3 Å². The van der Waals surface area contributed by atoms with E-state index in [4.69, 9.17) is 11.5 Å². The van der Waals surface area contributed by atoms with Gasteiger partial charge in [0, 0.05) is 11.7 Å². The second kappa shape index (κ2) is 11.4. The average Bonchev–Trinajstić information content (AvgIpc) is 2.56. The molecule has 27 heavy (non-hydrogen) atoms. The molecule has 4 N–H and O–H groups in total. The molecule has 0 bridgehead atoms. The van der Waals surface area contributed by atoms with Crippen molar-refractivity contribution in [2.24, 2.45) is 0 Å². The topological polar surface area (TPSA) is 101 Å². The van der Waals surface area contributed by atoms with E-state index in [1.165, 1.54) is 21.4 Å². The van der Waals surface area contributed by atoms with Gasteiger partial charge in [-0.2, -0.15) is 23.3 Å². The number of aromatic nitrogens is 1. The SMILES string of the molecule is Cc1[c-]c([NH-])cc(C)c1C(C)NC(=O)Cn1c(C)ccc(N)c1=O.[CH3-].[V+2]=[W]. The Morgan fingerprint density at radius 3 is 2.52 bits per heavy atom. The van der Waals surface area contributed by atoms with E-state index in [9.17, 15) is 9.59 Å². The summed E-state index contributed by atoms with van der Waals surface area (Å²) in [5, 5.41) is 2.90. The summed E-state index contributed by atoms with van der Waals surface area (Å²) in [5.41, 5.74) is 16.8. The van der Waals surface area contributed by atoms with E-state index < -0.39 is 0 Å². The third kappa shape index (κ3) is 6.56. The molecule has 1 aromatic heterocycles. The Bertz CT molecular complexity index is 844. The number of hydrogen-bond donors (Lipinski definition) is 2. The van der Waals surface area contributed by atoms with Gasteiger partial charge >= 0.3 is 30.9 Å². The van der Waals surface area contributed by atoms with Gasteiger partial charge in [-0.15, -0.1) is 5.56 Å². The number of nitrogens with zero attached hydrogens (tertiary/aromatic N) is 1. The summed E-state index contributed by atoms with van der Waals surface area (Å²) in [6.07, 6.45) is 0. The van der Waals surface area contributed by atoms with E-state index in [1.807, 2.05) is 20.8 Å². The summed E-state index contributed by atoms with van der Waals surface area (Å²) in [6.45, 7) is 7.32. The Morgan fingerprint density at radius 1 is 1.37 bits per heavy atom. The van der Waals surface area contributed by atoms with E-state index in [2.05, 4.69) is 25.5 Å². The molecule has 145 valence electrons. The Hall–Kier alpha value is -1.49. The van der Waals surface area contributed by atoms with Crippen LogP contribution in [0.2, 0.25) is 0 Å². The number of carbonyl (C=O) groups is 1. The maximum absolute atomic E-state index is 12.3. The number of benzene rings is 1. The fourth-order valence-corrected chi connectivity index (χ4v) is 2.95. The van der Waals surface area contributed by atoms with Gasteiger partial charge in [0.1, 0.15) is 6.54 Å². The van der Waals surface area contributed by atoms with Crippen molar-refractivity contribution in [2.75, 3.05) is 5.73 Å². The molecule has 1 unspecified atom stereocenters. The summed E-state index contributed by atoms with van der Waals surface area (Å²) in [7, 11) is 0. The molecule has 0 spiro atoms. The summed E-state index contributed by atoms with van der Waals surface area (Å²) in [6, 6.07) is 7.68. The molecule has 0 radical (unpaired) electrons. The van der Waals surface area contributed by atoms with Crippen LogP contribution in [-0.4, -0.2) is 10.5 Å². The first kappa shape index (κ1) is 25.5. The molecule has 8 heteroatoms. The third-order valence-corrected chi connectivity index (χ3v) is 4.05. The van der Waals surface area contributed by atoms with Crippen molar-refractivity contribution in [1.29, 1.82) is 0 Å². The first-order chi connectivity index (χ1) is 12.2. The second-order valence-electron chi connectivity index (χ2n) is 6.02. The van der Waals surface area contributed by atoms with Gasteiger partial charge in [0.25, 0.3) is 5.56 Å². The zero-order valence-electron chi connectivity index (χ0n) is 16.2. The Kier molecular flexibility index (Phi) is 10.8. The number of anilines is 1. The van der Waals surface area contributed by atoms with Gasteiger partial charge in [0.15, 0.2) is 0 Å². The molecule has 6 nitrogen and oxygen atoms in total. The van der Waals surface area contributed by atoms with E-state index >= 15 is 0 Å². The molecule has 1 atom stereocenters. The fraction of sp³-hybridized carbons (Fsp3) is 0.316. The Morgan fingerprint density at radius 2 is 1.96 bits per heavy atom. The van der Waals surface area contributed by atoms with Crippen molar-refractivity contribution in [3.05, 3.63) is 70.2 Å². The predicted octanol–water partition coefficient (Wildman–Crippen LogP) is 3.16. The molecular formula is C19H25N4O2VW-. The third-order valence-electron chi connectivity index (χ3n) is 4.05. The summed E-state index contributed by atoms with van der Waals surface area (Å²) in [5.74, 6) is -0.271. The molecule has 0 saturated carbocycles. The molecule has 2 aromatic rings. The molecule has 1 heterocycles. The number of carbonyl (C=O) groups excluding carboxylic acids is 1. The Labute approximate surface area is 178 Å². The van der Waals surface area contributed by atoms with Crippen LogP contribution >= 0.6 is 0 Å². The van der Waals surface area contributed by atoms with Gasteiger partial charge < -0.3 is 28.8 Å². The van der Waals surface area contributed by atoms with Gasteiger partial charge in [-0.05, 0) is 19.1 Å². The maximum atomic E-state index is 12.3. The van der Waals surface area contributed by atoms with E-state index in [-0.39, 0.29) is 37.2 Å². The number of nitrogens with two attached hydrogens (primary N) is 1. The van der Waals surface area contributed by atoms with Gasteiger partial charge in [-0.3, -0.25) is 15.3 Å². The molecule has 1 aromatic carbocycles. The van der Waals surface area contributed by atoms with Crippen LogP contribution in [-0.2, 0) is 42.2 Å². The van der Waals surface area contributed by atoms with Crippen molar-refractivity contribution < 1.29 is 35.7 Å².